The predicted octanol–water partition coefficient (Wildman–Crippen LogP) is 2.98. The number of carbonyl (C=O) groups is 1. The molecule has 7 nitrogen and oxygen atoms in total. The van der Waals surface area contributed by atoms with Crippen molar-refractivity contribution >= 4 is 6.29 Å². The van der Waals surface area contributed by atoms with Gasteiger partial charge in [0.05, 0.1) is 37.6 Å². The van der Waals surface area contributed by atoms with Crippen molar-refractivity contribution in [3.8, 4) is 0 Å². The smallest absolute Gasteiger partial charge is 0.176 e. The van der Waals surface area contributed by atoms with Crippen molar-refractivity contribution in [1.82, 2.24) is 0 Å². The van der Waals surface area contributed by atoms with Crippen molar-refractivity contribution < 1.29 is 33.6 Å². The topological polar surface area (TPSA) is 83.5 Å². The van der Waals surface area contributed by atoms with Gasteiger partial charge < -0.3 is 33.6 Å². The van der Waals surface area contributed by atoms with Gasteiger partial charge in [0.15, 0.2) is 23.5 Å². The number of fused-ring (bicyclic) bond motifs is 3. The lowest BCUT2D eigenvalue weighted by Crippen LogP contribution is -2.74. The molecule has 1 aromatic carbocycles. The molecule has 1 N–H and O–H groups in total. The Hall–Kier alpha value is -1.35. The molecule has 32 heavy (non-hydrogen) atoms. The summed E-state index contributed by atoms with van der Waals surface area (Å²) in [7, 11) is 0. The largest absolute Gasteiger partial charge is 0.389 e. The summed E-state index contributed by atoms with van der Waals surface area (Å²) in [5.41, 5.74) is -1.70. The summed E-state index contributed by atoms with van der Waals surface area (Å²) in [6, 6.07) is 9.70. The van der Waals surface area contributed by atoms with Gasteiger partial charge in [-0.2, -0.15) is 0 Å². The Morgan fingerprint density at radius 3 is 2.41 bits per heavy atom. The van der Waals surface area contributed by atoms with Gasteiger partial charge in [0.2, 0.25) is 0 Å². The number of hydrogen-bond acceptors (Lipinski definition) is 7. The van der Waals surface area contributed by atoms with Gasteiger partial charge in [0.25, 0.3) is 0 Å². The standard InChI is InChI=1S/C25H34O7/c1-21(2)31-20-14-22(3)18(12-23(20,4)32-21)24(16-26,30-15-17-8-6-5-7-9-17)19(27)13-25(22)28-10-11-29-25/h5-9,16,18-20,27H,10-15H2,1-4H3/t18-,19-,20+,22+,23-,24-/m1/s1. The lowest BCUT2D eigenvalue weighted by atomic mass is 9.48. The molecule has 2 aliphatic carbocycles. The molecule has 4 aliphatic rings. The fourth-order valence-electron chi connectivity index (χ4n) is 6.74. The second kappa shape index (κ2) is 7.32. The molecule has 0 bridgehead atoms. The van der Waals surface area contributed by atoms with Crippen LogP contribution in [0.2, 0.25) is 0 Å². The van der Waals surface area contributed by atoms with E-state index in [2.05, 4.69) is 6.92 Å². The van der Waals surface area contributed by atoms with Crippen molar-refractivity contribution in [2.75, 3.05) is 13.2 Å². The first-order valence-electron chi connectivity index (χ1n) is 11.6. The summed E-state index contributed by atoms with van der Waals surface area (Å²) < 4.78 is 31.5. The van der Waals surface area contributed by atoms with Crippen LogP contribution in [0.1, 0.15) is 52.5 Å². The van der Waals surface area contributed by atoms with Crippen LogP contribution in [0.15, 0.2) is 30.3 Å². The summed E-state index contributed by atoms with van der Waals surface area (Å²) in [5.74, 6) is -2.12. The molecule has 2 heterocycles. The normalized spacial score (nSPS) is 44.2. The number of benzene rings is 1. The van der Waals surface area contributed by atoms with Crippen LogP contribution in [-0.2, 0) is 35.1 Å². The number of carbonyl (C=O) groups excluding carboxylic acids is 1. The van der Waals surface area contributed by atoms with Gasteiger partial charge in [-0.1, -0.05) is 37.3 Å². The molecule has 0 aromatic heterocycles. The third-order valence-corrected chi connectivity index (χ3v) is 8.24. The number of ether oxygens (including phenoxy) is 5. The minimum absolute atomic E-state index is 0.168. The van der Waals surface area contributed by atoms with Gasteiger partial charge in [-0.05, 0) is 39.2 Å². The minimum Gasteiger partial charge on any atom is -0.389 e. The Labute approximate surface area is 189 Å². The van der Waals surface area contributed by atoms with Gasteiger partial charge >= 0.3 is 0 Å². The molecule has 1 spiro atoms. The first kappa shape index (κ1) is 22.4. The maximum absolute atomic E-state index is 12.8. The highest BCUT2D eigenvalue weighted by molar-refractivity contribution is 5.66. The van der Waals surface area contributed by atoms with E-state index in [4.69, 9.17) is 23.7 Å². The average Bonchev–Trinajstić information content (AvgIpc) is 3.30. The zero-order valence-electron chi connectivity index (χ0n) is 19.3. The van der Waals surface area contributed by atoms with Crippen molar-refractivity contribution in [2.45, 2.75) is 88.5 Å². The molecule has 0 radical (unpaired) electrons. The van der Waals surface area contributed by atoms with E-state index in [1.54, 1.807) is 0 Å². The highest BCUT2D eigenvalue weighted by atomic mass is 16.8. The van der Waals surface area contributed by atoms with E-state index < -0.39 is 40.2 Å². The molecular formula is C25H34O7. The summed E-state index contributed by atoms with van der Waals surface area (Å²) in [6.45, 7) is 9.08. The summed E-state index contributed by atoms with van der Waals surface area (Å²) >= 11 is 0. The number of hydrogen-bond donors (Lipinski definition) is 1. The third kappa shape index (κ3) is 3.13. The molecule has 4 fully saturated rings. The van der Waals surface area contributed by atoms with E-state index in [1.165, 1.54) is 0 Å². The minimum atomic E-state index is -1.41. The van der Waals surface area contributed by atoms with Gasteiger partial charge in [0, 0.05) is 17.8 Å². The molecule has 1 aromatic rings. The Morgan fingerprint density at radius 1 is 1.06 bits per heavy atom. The maximum atomic E-state index is 12.8. The number of aliphatic hydroxyl groups is 1. The predicted molar refractivity (Wildman–Crippen MR) is 115 cm³/mol. The monoisotopic (exact) mass is 446 g/mol. The maximum Gasteiger partial charge on any atom is 0.176 e. The quantitative estimate of drug-likeness (QED) is 0.712. The van der Waals surface area contributed by atoms with Crippen LogP contribution in [0.4, 0.5) is 0 Å². The molecule has 0 amide bonds. The summed E-state index contributed by atoms with van der Waals surface area (Å²) in [4.78, 5) is 12.8. The van der Waals surface area contributed by atoms with E-state index in [0.29, 0.717) is 26.1 Å². The number of aldehydes is 1. The lowest BCUT2D eigenvalue weighted by Gasteiger charge is -2.63. The van der Waals surface area contributed by atoms with Gasteiger partial charge in [-0.3, -0.25) is 0 Å². The number of aliphatic hydroxyl groups excluding tert-OH is 1. The molecule has 5 rings (SSSR count). The van der Waals surface area contributed by atoms with E-state index in [9.17, 15) is 9.90 Å². The van der Waals surface area contributed by atoms with Crippen molar-refractivity contribution in [3.05, 3.63) is 35.9 Å². The Kier molecular flexibility index (Phi) is 5.14. The Balaban J connectivity index is 1.57. The molecule has 176 valence electrons. The van der Waals surface area contributed by atoms with Crippen LogP contribution in [-0.4, -0.2) is 59.6 Å². The molecule has 7 heteroatoms. The third-order valence-electron chi connectivity index (χ3n) is 8.24. The van der Waals surface area contributed by atoms with Crippen LogP contribution >= 0.6 is 0 Å². The second-order valence-electron chi connectivity index (χ2n) is 10.7. The Bertz CT molecular complexity index is 866. The van der Waals surface area contributed by atoms with E-state index in [1.807, 2.05) is 51.1 Å². The fraction of sp³-hybridized carbons (Fsp3) is 0.720. The van der Waals surface area contributed by atoms with Crippen molar-refractivity contribution in [2.24, 2.45) is 11.3 Å². The molecule has 6 atom stereocenters. The zero-order chi connectivity index (χ0) is 22.8. The van der Waals surface area contributed by atoms with Gasteiger partial charge in [-0.15, -0.1) is 0 Å². The van der Waals surface area contributed by atoms with Crippen molar-refractivity contribution in [3.63, 3.8) is 0 Å². The molecule has 2 aliphatic heterocycles. The highest BCUT2D eigenvalue weighted by Crippen LogP contribution is 2.65. The lowest BCUT2D eigenvalue weighted by molar-refractivity contribution is -0.344. The first-order chi connectivity index (χ1) is 15.1. The van der Waals surface area contributed by atoms with Crippen LogP contribution in [0.3, 0.4) is 0 Å². The summed E-state index contributed by atoms with van der Waals surface area (Å²) in [6.07, 6.45) is 0.773. The van der Waals surface area contributed by atoms with Gasteiger partial charge in [0.1, 0.15) is 0 Å². The van der Waals surface area contributed by atoms with Gasteiger partial charge in [-0.25, -0.2) is 0 Å². The summed E-state index contributed by atoms with van der Waals surface area (Å²) in [5, 5.41) is 11.4. The molecule has 2 saturated carbocycles. The fourth-order valence-corrected chi connectivity index (χ4v) is 6.74. The Morgan fingerprint density at radius 2 is 1.75 bits per heavy atom. The molecule has 0 unspecified atom stereocenters. The second-order valence-corrected chi connectivity index (χ2v) is 10.7. The SMILES string of the molecule is CC1(C)O[C@H]2C[C@@]3(C)[C@@H](C[C@@]2(C)O1)[C@@](C=O)(OCc1ccccc1)[C@H](O)CC31OCCO1. The van der Waals surface area contributed by atoms with E-state index in [-0.39, 0.29) is 19.1 Å². The number of rotatable bonds is 4. The van der Waals surface area contributed by atoms with Crippen LogP contribution in [0.5, 0.6) is 0 Å². The molecule has 2 saturated heterocycles. The van der Waals surface area contributed by atoms with Crippen LogP contribution < -0.4 is 0 Å². The van der Waals surface area contributed by atoms with Crippen LogP contribution in [0, 0.1) is 11.3 Å². The van der Waals surface area contributed by atoms with E-state index in [0.717, 1.165) is 11.8 Å². The zero-order valence-corrected chi connectivity index (χ0v) is 19.3. The first-order valence-corrected chi connectivity index (χ1v) is 11.6. The molecular weight excluding hydrogens is 412 g/mol. The van der Waals surface area contributed by atoms with E-state index >= 15 is 0 Å². The highest BCUT2D eigenvalue weighted by Gasteiger charge is 2.74. The average molecular weight is 447 g/mol. The van der Waals surface area contributed by atoms with Crippen molar-refractivity contribution in [1.29, 1.82) is 0 Å². The van der Waals surface area contributed by atoms with Crippen LogP contribution in [0.25, 0.3) is 0 Å².